The molecular weight excluding hydrogens is 378 g/mol. The molecular formula is C16H12BrN3O4. The van der Waals surface area contributed by atoms with Crippen LogP contribution in [0.15, 0.2) is 58.1 Å². The topological polar surface area (TPSA) is 87.3 Å². The van der Waals surface area contributed by atoms with Crippen molar-refractivity contribution >= 4 is 32.5 Å². The molecule has 1 heterocycles. The van der Waals surface area contributed by atoms with Crippen LogP contribution in [0, 0.1) is 10.1 Å². The van der Waals surface area contributed by atoms with Crippen molar-refractivity contribution in [2.75, 3.05) is 6.61 Å². The summed E-state index contributed by atoms with van der Waals surface area (Å²) in [6, 6.07) is 11.4. The summed E-state index contributed by atoms with van der Waals surface area (Å²) in [5.41, 5.74) is -0.0423. The zero-order valence-corrected chi connectivity index (χ0v) is 14.0. The molecule has 0 N–H and O–H groups in total. The molecule has 3 rings (SSSR count). The van der Waals surface area contributed by atoms with Gasteiger partial charge in [0.25, 0.3) is 11.2 Å². The molecule has 0 aliphatic heterocycles. The maximum absolute atomic E-state index is 12.4. The largest absolute Gasteiger partial charge is 0.492 e. The van der Waals surface area contributed by atoms with E-state index >= 15 is 0 Å². The fraction of sp³-hybridized carbons (Fsp3) is 0.125. The molecule has 0 unspecified atom stereocenters. The number of fused-ring (bicyclic) bond motifs is 1. The predicted octanol–water partition coefficient (Wildman–Crippen LogP) is 3.15. The number of rotatable bonds is 5. The Balaban J connectivity index is 1.76. The highest BCUT2D eigenvalue weighted by molar-refractivity contribution is 9.10. The summed E-state index contributed by atoms with van der Waals surface area (Å²) >= 11 is 3.35. The van der Waals surface area contributed by atoms with E-state index in [9.17, 15) is 14.9 Å². The number of hydrogen-bond donors (Lipinski definition) is 0. The van der Waals surface area contributed by atoms with Gasteiger partial charge in [0, 0.05) is 16.6 Å². The van der Waals surface area contributed by atoms with Crippen LogP contribution in [-0.2, 0) is 6.54 Å². The molecule has 7 nitrogen and oxygen atoms in total. The molecule has 0 saturated heterocycles. The van der Waals surface area contributed by atoms with Crippen molar-refractivity contribution in [2.45, 2.75) is 6.54 Å². The Labute approximate surface area is 144 Å². The van der Waals surface area contributed by atoms with Crippen LogP contribution in [0.1, 0.15) is 0 Å². The Morgan fingerprint density at radius 2 is 1.96 bits per heavy atom. The van der Waals surface area contributed by atoms with Crippen LogP contribution in [0.25, 0.3) is 10.9 Å². The molecule has 2 aromatic carbocycles. The summed E-state index contributed by atoms with van der Waals surface area (Å²) in [6.45, 7) is 0.635. The number of non-ortho nitro benzene ring substituents is 1. The Morgan fingerprint density at radius 3 is 2.67 bits per heavy atom. The van der Waals surface area contributed by atoms with Crippen LogP contribution in [0.2, 0.25) is 0 Å². The lowest BCUT2D eigenvalue weighted by Gasteiger charge is -2.09. The summed E-state index contributed by atoms with van der Waals surface area (Å²) in [7, 11) is 0. The minimum Gasteiger partial charge on any atom is -0.492 e. The van der Waals surface area contributed by atoms with E-state index in [2.05, 4.69) is 20.9 Å². The first kappa shape index (κ1) is 16.1. The van der Waals surface area contributed by atoms with Crippen LogP contribution < -0.4 is 10.3 Å². The Hall–Kier alpha value is -2.74. The van der Waals surface area contributed by atoms with Crippen molar-refractivity contribution in [1.29, 1.82) is 0 Å². The van der Waals surface area contributed by atoms with E-state index in [4.69, 9.17) is 4.74 Å². The van der Waals surface area contributed by atoms with Crippen molar-refractivity contribution < 1.29 is 9.66 Å². The van der Waals surface area contributed by atoms with Gasteiger partial charge in [0.1, 0.15) is 12.4 Å². The number of hydrogen-bond acceptors (Lipinski definition) is 5. The van der Waals surface area contributed by atoms with Crippen LogP contribution in [0.4, 0.5) is 5.69 Å². The zero-order valence-electron chi connectivity index (χ0n) is 12.4. The van der Waals surface area contributed by atoms with Gasteiger partial charge in [0.05, 0.1) is 28.7 Å². The molecule has 122 valence electrons. The van der Waals surface area contributed by atoms with Crippen molar-refractivity contribution in [1.82, 2.24) is 9.55 Å². The van der Waals surface area contributed by atoms with E-state index in [0.717, 1.165) is 4.47 Å². The van der Waals surface area contributed by atoms with Crippen LogP contribution in [0.5, 0.6) is 5.75 Å². The number of nitro benzene ring substituents is 1. The van der Waals surface area contributed by atoms with E-state index < -0.39 is 4.92 Å². The monoisotopic (exact) mass is 389 g/mol. The van der Waals surface area contributed by atoms with Crippen molar-refractivity contribution in [3.05, 3.63) is 73.7 Å². The maximum Gasteiger partial charge on any atom is 0.271 e. The Kier molecular flexibility index (Phi) is 4.57. The molecule has 0 spiro atoms. The van der Waals surface area contributed by atoms with Crippen molar-refractivity contribution in [3.63, 3.8) is 0 Å². The van der Waals surface area contributed by atoms with Crippen molar-refractivity contribution in [2.24, 2.45) is 0 Å². The molecule has 1 aromatic heterocycles. The first-order valence-electron chi connectivity index (χ1n) is 7.06. The van der Waals surface area contributed by atoms with E-state index in [1.807, 2.05) is 24.3 Å². The average molecular weight is 390 g/mol. The van der Waals surface area contributed by atoms with Gasteiger partial charge in [-0.05, 0) is 30.3 Å². The number of ether oxygens (including phenoxy) is 1. The number of halogens is 1. The maximum atomic E-state index is 12.4. The lowest BCUT2D eigenvalue weighted by Crippen LogP contribution is -2.23. The molecule has 24 heavy (non-hydrogen) atoms. The van der Waals surface area contributed by atoms with Gasteiger partial charge in [-0.1, -0.05) is 15.9 Å². The summed E-state index contributed by atoms with van der Waals surface area (Å²) in [5, 5.41) is 11.1. The second kappa shape index (κ2) is 6.79. The molecule has 0 bridgehead atoms. The molecule has 0 radical (unpaired) electrons. The van der Waals surface area contributed by atoms with Gasteiger partial charge in [-0.2, -0.15) is 0 Å². The highest BCUT2D eigenvalue weighted by atomic mass is 79.9. The third-order valence-corrected chi connectivity index (χ3v) is 3.96. The third-order valence-electron chi connectivity index (χ3n) is 3.43. The van der Waals surface area contributed by atoms with Crippen molar-refractivity contribution in [3.8, 4) is 5.75 Å². The van der Waals surface area contributed by atoms with Gasteiger partial charge in [-0.25, -0.2) is 4.98 Å². The molecule has 0 aliphatic carbocycles. The van der Waals surface area contributed by atoms with E-state index in [1.54, 1.807) is 0 Å². The predicted molar refractivity (Wildman–Crippen MR) is 92.3 cm³/mol. The molecule has 0 atom stereocenters. The fourth-order valence-electron chi connectivity index (χ4n) is 2.21. The Morgan fingerprint density at radius 1 is 1.21 bits per heavy atom. The normalized spacial score (nSPS) is 10.7. The van der Waals surface area contributed by atoms with Gasteiger partial charge in [-0.3, -0.25) is 19.5 Å². The summed E-state index contributed by atoms with van der Waals surface area (Å²) in [5.74, 6) is 0.704. The van der Waals surface area contributed by atoms with E-state index in [0.29, 0.717) is 29.8 Å². The van der Waals surface area contributed by atoms with Gasteiger partial charge in [-0.15, -0.1) is 0 Å². The highest BCUT2D eigenvalue weighted by Gasteiger charge is 2.10. The number of benzene rings is 2. The van der Waals surface area contributed by atoms with Crippen LogP contribution in [0.3, 0.4) is 0 Å². The van der Waals surface area contributed by atoms with Gasteiger partial charge < -0.3 is 4.74 Å². The lowest BCUT2D eigenvalue weighted by molar-refractivity contribution is -0.384. The SMILES string of the molecule is O=c1c2ccc([N+](=O)[O-])cc2ncn1CCOc1ccc(Br)cc1. The van der Waals surface area contributed by atoms with Crippen LogP contribution in [-0.4, -0.2) is 21.1 Å². The summed E-state index contributed by atoms with van der Waals surface area (Å²) in [6.07, 6.45) is 1.37. The molecule has 3 aromatic rings. The van der Waals surface area contributed by atoms with E-state index in [-0.39, 0.29) is 11.2 Å². The quantitative estimate of drug-likeness (QED) is 0.494. The zero-order chi connectivity index (χ0) is 17.1. The molecule has 0 aliphatic rings. The van der Waals surface area contributed by atoms with E-state index in [1.165, 1.54) is 29.1 Å². The Bertz CT molecular complexity index is 954. The fourth-order valence-corrected chi connectivity index (χ4v) is 2.48. The summed E-state index contributed by atoms with van der Waals surface area (Å²) in [4.78, 5) is 26.8. The molecule has 0 saturated carbocycles. The lowest BCUT2D eigenvalue weighted by atomic mass is 10.2. The third kappa shape index (κ3) is 3.43. The second-order valence-corrected chi connectivity index (χ2v) is 5.92. The number of nitrogens with zero attached hydrogens (tertiary/aromatic N) is 3. The van der Waals surface area contributed by atoms with Crippen LogP contribution >= 0.6 is 15.9 Å². The second-order valence-electron chi connectivity index (χ2n) is 5.00. The average Bonchev–Trinajstić information content (AvgIpc) is 2.58. The summed E-state index contributed by atoms with van der Waals surface area (Å²) < 4.78 is 7.97. The van der Waals surface area contributed by atoms with Gasteiger partial charge in [0.15, 0.2) is 0 Å². The van der Waals surface area contributed by atoms with Gasteiger partial charge >= 0.3 is 0 Å². The first-order chi connectivity index (χ1) is 11.5. The first-order valence-corrected chi connectivity index (χ1v) is 7.86. The highest BCUT2D eigenvalue weighted by Crippen LogP contribution is 2.17. The minimum atomic E-state index is -0.515. The minimum absolute atomic E-state index is 0.0919. The molecule has 0 amide bonds. The van der Waals surface area contributed by atoms with Gasteiger partial charge in [0.2, 0.25) is 0 Å². The standard InChI is InChI=1S/C16H12BrN3O4/c17-11-1-4-13(5-2-11)24-8-7-19-10-18-15-9-12(20(22)23)3-6-14(15)16(19)21/h1-6,9-10H,7-8H2. The molecule has 0 fully saturated rings. The number of nitro groups is 1. The molecule has 8 heteroatoms. The smallest absolute Gasteiger partial charge is 0.271 e. The number of aromatic nitrogens is 2.